The average Bonchev–Trinajstić information content (AvgIpc) is 3.16. The number of furan rings is 1. The van der Waals surface area contributed by atoms with Gasteiger partial charge in [0.05, 0.1) is 12.5 Å². The van der Waals surface area contributed by atoms with Crippen molar-refractivity contribution in [2.75, 3.05) is 19.6 Å². The maximum absolute atomic E-state index is 6.54. The van der Waals surface area contributed by atoms with Crippen molar-refractivity contribution in [3.8, 4) is 5.75 Å². The summed E-state index contributed by atoms with van der Waals surface area (Å²) in [5, 5.41) is 3.72. The van der Waals surface area contributed by atoms with E-state index in [1.165, 1.54) is 11.1 Å². The molecule has 3 heterocycles. The lowest BCUT2D eigenvalue weighted by Crippen LogP contribution is -2.51. The van der Waals surface area contributed by atoms with Gasteiger partial charge >= 0.3 is 0 Å². The Labute approximate surface area is 149 Å². The largest absolute Gasteiger partial charge is 0.487 e. The summed E-state index contributed by atoms with van der Waals surface area (Å²) in [6.07, 6.45) is 8.68. The van der Waals surface area contributed by atoms with E-state index in [1.807, 2.05) is 18.4 Å². The minimum Gasteiger partial charge on any atom is -0.487 e. The molecule has 0 unspecified atom stereocenters. The van der Waals surface area contributed by atoms with Crippen LogP contribution in [-0.4, -0.2) is 30.1 Å². The molecule has 0 radical (unpaired) electrons. The fourth-order valence-electron chi connectivity index (χ4n) is 4.07. The number of nitrogens with zero attached hydrogens (tertiary/aromatic N) is 1. The summed E-state index contributed by atoms with van der Waals surface area (Å²) in [6, 6.07) is 10.8. The number of benzene rings is 1. The number of hydrogen-bond acceptors (Lipinski definition) is 4. The Morgan fingerprint density at radius 2 is 2.08 bits per heavy atom. The smallest absolute Gasteiger partial charge is 0.124 e. The van der Waals surface area contributed by atoms with Crippen LogP contribution >= 0.6 is 0 Å². The third-order valence-electron chi connectivity index (χ3n) is 5.48. The Kier molecular flexibility index (Phi) is 4.64. The van der Waals surface area contributed by atoms with E-state index in [1.54, 1.807) is 6.26 Å². The normalized spacial score (nSPS) is 22.3. The number of hydrogen-bond donors (Lipinski definition) is 1. The zero-order chi connectivity index (χ0) is 17.1. The van der Waals surface area contributed by atoms with Crippen LogP contribution in [0.5, 0.6) is 5.75 Å². The van der Waals surface area contributed by atoms with Crippen molar-refractivity contribution >= 4 is 0 Å². The lowest BCUT2D eigenvalue weighted by Gasteiger charge is -2.47. The molecule has 0 amide bonds. The quantitative estimate of drug-likeness (QED) is 0.839. The van der Waals surface area contributed by atoms with Crippen molar-refractivity contribution in [1.82, 2.24) is 10.2 Å². The standard InChI is InChI=1S/C21H26N2O2/c1-2-10-23-11-8-21(9-12-23)14-19(22-15-17-7-13-24-16-17)18-5-3-4-6-20(18)25-21/h2-7,13,16,19,22H,1,8-12,14-15H2/t19-/m0/s1. The second kappa shape index (κ2) is 7.06. The lowest BCUT2D eigenvalue weighted by atomic mass is 9.80. The van der Waals surface area contributed by atoms with Crippen molar-refractivity contribution in [1.29, 1.82) is 0 Å². The first-order chi connectivity index (χ1) is 12.3. The number of ether oxygens (including phenoxy) is 1. The second-order valence-corrected chi connectivity index (χ2v) is 7.18. The van der Waals surface area contributed by atoms with Crippen LogP contribution in [0, 0.1) is 0 Å². The molecule has 25 heavy (non-hydrogen) atoms. The van der Waals surface area contributed by atoms with Gasteiger partial charge < -0.3 is 14.5 Å². The number of likely N-dealkylation sites (tertiary alicyclic amines) is 1. The lowest BCUT2D eigenvalue weighted by molar-refractivity contribution is -0.0232. The molecule has 1 atom stereocenters. The van der Waals surface area contributed by atoms with Crippen LogP contribution in [0.25, 0.3) is 0 Å². The molecule has 1 N–H and O–H groups in total. The van der Waals surface area contributed by atoms with Crippen molar-refractivity contribution in [3.05, 3.63) is 66.6 Å². The minimum atomic E-state index is -0.0555. The van der Waals surface area contributed by atoms with Gasteiger partial charge in [-0.05, 0) is 25.0 Å². The summed E-state index contributed by atoms with van der Waals surface area (Å²) in [5.74, 6) is 1.04. The Hall–Kier alpha value is -2.04. The summed E-state index contributed by atoms with van der Waals surface area (Å²) in [4.78, 5) is 2.45. The van der Waals surface area contributed by atoms with Gasteiger partial charge in [-0.2, -0.15) is 0 Å². The molecule has 2 aliphatic heterocycles. The van der Waals surface area contributed by atoms with Gasteiger partial charge in [-0.15, -0.1) is 6.58 Å². The molecule has 4 rings (SSSR count). The SMILES string of the molecule is C=CCN1CCC2(CC1)C[C@H](NCc1ccoc1)c1ccccc1O2. The Morgan fingerprint density at radius 1 is 1.24 bits per heavy atom. The van der Waals surface area contributed by atoms with E-state index in [0.29, 0.717) is 6.04 Å². The summed E-state index contributed by atoms with van der Waals surface area (Å²) in [6.45, 7) is 7.78. The van der Waals surface area contributed by atoms with E-state index in [9.17, 15) is 0 Å². The number of fused-ring (bicyclic) bond motifs is 1. The highest BCUT2D eigenvalue weighted by Gasteiger charge is 2.42. The van der Waals surface area contributed by atoms with Gasteiger partial charge in [0.25, 0.3) is 0 Å². The van der Waals surface area contributed by atoms with Gasteiger partial charge in [-0.3, -0.25) is 4.90 Å². The molecule has 2 aliphatic rings. The predicted octanol–water partition coefficient (Wildman–Crippen LogP) is 3.91. The van der Waals surface area contributed by atoms with E-state index in [4.69, 9.17) is 9.15 Å². The fraction of sp³-hybridized carbons (Fsp3) is 0.429. The van der Waals surface area contributed by atoms with Crippen LogP contribution in [0.1, 0.15) is 36.4 Å². The van der Waals surface area contributed by atoms with Crippen molar-refractivity contribution in [2.24, 2.45) is 0 Å². The highest BCUT2D eigenvalue weighted by molar-refractivity contribution is 5.39. The summed E-state index contributed by atoms with van der Waals surface area (Å²) < 4.78 is 11.7. The van der Waals surface area contributed by atoms with Crippen LogP contribution in [0.3, 0.4) is 0 Å². The van der Waals surface area contributed by atoms with E-state index >= 15 is 0 Å². The zero-order valence-corrected chi connectivity index (χ0v) is 14.6. The average molecular weight is 338 g/mol. The van der Waals surface area contributed by atoms with Gasteiger partial charge in [0.1, 0.15) is 11.4 Å². The van der Waals surface area contributed by atoms with Gasteiger partial charge in [0.15, 0.2) is 0 Å². The predicted molar refractivity (Wildman–Crippen MR) is 98.6 cm³/mol. The summed E-state index contributed by atoms with van der Waals surface area (Å²) in [7, 11) is 0. The monoisotopic (exact) mass is 338 g/mol. The van der Waals surface area contributed by atoms with Gasteiger partial charge in [0.2, 0.25) is 0 Å². The number of para-hydroxylation sites is 1. The number of nitrogens with one attached hydrogen (secondary N) is 1. The van der Waals surface area contributed by atoms with Crippen LogP contribution in [0.4, 0.5) is 0 Å². The molecule has 132 valence electrons. The maximum atomic E-state index is 6.54. The Morgan fingerprint density at radius 3 is 2.84 bits per heavy atom. The Bertz CT molecular complexity index is 702. The van der Waals surface area contributed by atoms with Gasteiger partial charge in [-0.25, -0.2) is 0 Å². The van der Waals surface area contributed by atoms with E-state index in [2.05, 4.69) is 41.1 Å². The number of piperidine rings is 1. The molecule has 1 aromatic heterocycles. The first kappa shape index (κ1) is 16.4. The van der Waals surface area contributed by atoms with E-state index in [-0.39, 0.29) is 5.60 Å². The second-order valence-electron chi connectivity index (χ2n) is 7.18. The van der Waals surface area contributed by atoms with Crippen LogP contribution in [-0.2, 0) is 6.54 Å². The zero-order valence-electron chi connectivity index (χ0n) is 14.6. The van der Waals surface area contributed by atoms with E-state index in [0.717, 1.165) is 51.2 Å². The third-order valence-corrected chi connectivity index (χ3v) is 5.48. The first-order valence-corrected chi connectivity index (χ1v) is 9.14. The van der Waals surface area contributed by atoms with Crippen molar-refractivity contribution in [2.45, 2.75) is 37.5 Å². The molecule has 0 aliphatic carbocycles. The molecule has 1 saturated heterocycles. The van der Waals surface area contributed by atoms with Crippen LogP contribution < -0.4 is 10.1 Å². The van der Waals surface area contributed by atoms with Crippen molar-refractivity contribution < 1.29 is 9.15 Å². The molecule has 4 heteroatoms. The molecule has 1 fully saturated rings. The molecule has 0 bridgehead atoms. The molecular weight excluding hydrogens is 312 g/mol. The van der Waals surface area contributed by atoms with Gasteiger partial charge in [-0.1, -0.05) is 24.3 Å². The minimum absolute atomic E-state index is 0.0555. The van der Waals surface area contributed by atoms with Gasteiger partial charge in [0, 0.05) is 49.8 Å². The highest BCUT2D eigenvalue weighted by atomic mass is 16.5. The molecule has 1 aromatic carbocycles. The highest BCUT2D eigenvalue weighted by Crippen LogP contribution is 2.44. The summed E-state index contributed by atoms with van der Waals surface area (Å²) >= 11 is 0. The molecule has 0 saturated carbocycles. The molecule has 2 aromatic rings. The first-order valence-electron chi connectivity index (χ1n) is 9.14. The van der Waals surface area contributed by atoms with E-state index < -0.39 is 0 Å². The van der Waals surface area contributed by atoms with Crippen LogP contribution in [0.2, 0.25) is 0 Å². The fourth-order valence-corrected chi connectivity index (χ4v) is 4.07. The van der Waals surface area contributed by atoms with Crippen molar-refractivity contribution in [3.63, 3.8) is 0 Å². The third kappa shape index (κ3) is 3.51. The number of rotatable bonds is 5. The maximum Gasteiger partial charge on any atom is 0.124 e. The topological polar surface area (TPSA) is 37.6 Å². The molecule has 4 nitrogen and oxygen atoms in total. The van der Waals surface area contributed by atoms with Crippen LogP contribution in [0.15, 0.2) is 59.9 Å². The summed E-state index contributed by atoms with van der Waals surface area (Å²) in [5.41, 5.74) is 2.39. The molecular formula is C21H26N2O2. The molecule has 1 spiro atoms. The Balaban J connectivity index is 1.51.